The fourth-order valence-electron chi connectivity index (χ4n) is 3.27. The Morgan fingerprint density at radius 2 is 1.85 bits per heavy atom. The first-order valence-electron chi connectivity index (χ1n) is 11.0. The van der Waals surface area contributed by atoms with Crippen molar-refractivity contribution in [1.29, 1.82) is 0 Å². The molecule has 0 saturated carbocycles. The monoisotopic (exact) mass is 606 g/mol. The number of nitrogens with zero attached hydrogens (tertiary/aromatic N) is 4. The molecule has 0 aliphatic carbocycles. The van der Waals surface area contributed by atoms with E-state index in [1.54, 1.807) is 0 Å². The minimum absolute atomic E-state index is 0.0866. The number of hydrogen-bond acceptors (Lipinski definition) is 9. The average molecular weight is 607 g/mol. The highest BCUT2D eigenvalue weighted by Crippen LogP contribution is 2.33. The minimum Gasteiger partial charge on any atom is -0.404 e. The van der Waals surface area contributed by atoms with Crippen LogP contribution < -0.4 is 14.8 Å². The summed E-state index contributed by atoms with van der Waals surface area (Å²) in [6.07, 6.45) is -6.95. The summed E-state index contributed by atoms with van der Waals surface area (Å²) >= 11 is 0.574. The first-order valence-corrected chi connectivity index (χ1v) is 13.3. The first kappa shape index (κ1) is 29.2. The molecule has 214 valence electrons. The number of sulfonamides is 1. The van der Waals surface area contributed by atoms with Gasteiger partial charge in [-0.15, -0.1) is 0 Å². The molecule has 18 heteroatoms. The number of fused-ring (bicyclic) bond motifs is 1. The fraction of sp³-hybridized carbons (Fsp3) is 0.273. The zero-order valence-corrected chi connectivity index (χ0v) is 22.0. The second-order valence-electron chi connectivity index (χ2n) is 8.83. The predicted octanol–water partition coefficient (Wildman–Crippen LogP) is 4.47. The van der Waals surface area contributed by atoms with Gasteiger partial charge in [0.15, 0.2) is 20.7 Å². The Labute approximate surface area is 226 Å². The number of halogens is 5. The van der Waals surface area contributed by atoms with Crippen molar-refractivity contribution in [2.45, 2.75) is 36.2 Å². The standard InChI is InChI=1S/C22H19F5N6O5S2/c1-21(2,10-34)32-40(36,37)16-9-28-19(39-16)31-20(35)38-15-8-29-33-14(17(23)24)7-13(30-18(15)33)11-3-5-12(6-4-11)22(25,26)27/h3-9,17,32,34H,10H2,1-2H3,(H,28,31,35). The highest BCUT2D eigenvalue weighted by atomic mass is 32.2. The number of carbonyl (C=O) groups excluding carboxylic acids is 1. The zero-order valence-electron chi connectivity index (χ0n) is 20.4. The predicted molar refractivity (Wildman–Crippen MR) is 132 cm³/mol. The van der Waals surface area contributed by atoms with Crippen LogP contribution in [-0.4, -0.2) is 51.3 Å². The number of aromatic nitrogens is 4. The maximum absolute atomic E-state index is 13.8. The molecule has 0 spiro atoms. The summed E-state index contributed by atoms with van der Waals surface area (Å²) in [6.45, 7) is 2.42. The molecule has 1 aromatic carbocycles. The second-order valence-corrected chi connectivity index (χ2v) is 11.8. The summed E-state index contributed by atoms with van der Waals surface area (Å²) < 4.78 is 99.0. The molecule has 4 rings (SSSR count). The number of aliphatic hydroxyl groups excluding tert-OH is 1. The highest BCUT2D eigenvalue weighted by Gasteiger charge is 2.30. The topological polar surface area (TPSA) is 148 Å². The lowest BCUT2D eigenvalue weighted by atomic mass is 10.1. The van der Waals surface area contributed by atoms with Gasteiger partial charge in [-0.3, -0.25) is 5.32 Å². The van der Waals surface area contributed by atoms with Gasteiger partial charge in [0.2, 0.25) is 0 Å². The molecule has 11 nitrogen and oxygen atoms in total. The number of amides is 1. The summed E-state index contributed by atoms with van der Waals surface area (Å²) in [6, 6.07) is 4.61. The number of carbonyl (C=O) groups is 1. The Morgan fingerprint density at radius 3 is 2.45 bits per heavy atom. The molecular weight excluding hydrogens is 587 g/mol. The van der Waals surface area contributed by atoms with Crippen molar-refractivity contribution in [3.05, 3.63) is 54.0 Å². The molecular formula is C22H19F5N6O5S2. The van der Waals surface area contributed by atoms with E-state index in [0.29, 0.717) is 15.9 Å². The molecule has 1 amide bonds. The highest BCUT2D eigenvalue weighted by molar-refractivity contribution is 7.91. The number of thiazole rings is 1. The lowest BCUT2D eigenvalue weighted by molar-refractivity contribution is -0.137. The van der Waals surface area contributed by atoms with Gasteiger partial charge in [0.25, 0.3) is 16.4 Å². The number of anilines is 1. The molecule has 0 bridgehead atoms. The molecule has 40 heavy (non-hydrogen) atoms. The molecule has 0 atom stereocenters. The molecule has 0 radical (unpaired) electrons. The Morgan fingerprint density at radius 1 is 1.18 bits per heavy atom. The number of hydrogen-bond donors (Lipinski definition) is 3. The van der Waals surface area contributed by atoms with Crippen LogP contribution in [0.15, 0.2) is 46.9 Å². The van der Waals surface area contributed by atoms with Crippen molar-refractivity contribution in [2.75, 3.05) is 11.9 Å². The molecule has 4 aromatic rings. The molecule has 0 aliphatic rings. The average Bonchev–Trinajstić information content (AvgIpc) is 3.50. The number of nitrogens with one attached hydrogen (secondary N) is 2. The number of ether oxygens (including phenoxy) is 1. The summed E-state index contributed by atoms with van der Waals surface area (Å²) in [5, 5.41) is 15.1. The van der Waals surface area contributed by atoms with E-state index in [9.17, 15) is 40.3 Å². The number of aliphatic hydroxyl groups is 1. The van der Waals surface area contributed by atoms with Gasteiger partial charge in [0.05, 0.1) is 35.8 Å². The molecule has 3 N–H and O–H groups in total. The van der Waals surface area contributed by atoms with Crippen LogP contribution in [0.2, 0.25) is 0 Å². The molecule has 0 aliphatic heterocycles. The largest absolute Gasteiger partial charge is 0.419 e. The van der Waals surface area contributed by atoms with E-state index in [2.05, 4.69) is 25.1 Å². The summed E-state index contributed by atoms with van der Waals surface area (Å²) in [4.78, 5) is 20.4. The number of alkyl halides is 5. The Bertz CT molecular complexity index is 1650. The van der Waals surface area contributed by atoms with Crippen molar-refractivity contribution in [3.8, 4) is 17.0 Å². The normalized spacial score (nSPS) is 12.7. The third kappa shape index (κ3) is 6.35. The van der Waals surface area contributed by atoms with Crippen LogP contribution in [0.25, 0.3) is 16.9 Å². The second kappa shape index (κ2) is 10.7. The van der Waals surface area contributed by atoms with E-state index in [1.165, 1.54) is 13.8 Å². The van der Waals surface area contributed by atoms with Gasteiger partial charge in [0.1, 0.15) is 5.69 Å². The van der Waals surface area contributed by atoms with E-state index in [-0.39, 0.29) is 32.0 Å². The van der Waals surface area contributed by atoms with Crippen LogP contribution in [0.1, 0.15) is 31.5 Å². The van der Waals surface area contributed by atoms with Gasteiger partial charge in [0, 0.05) is 5.56 Å². The molecule has 0 unspecified atom stereocenters. The van der Waals surface area contributed by atoms with E-state index >= 15 is 0 Å². The molecule has 3 heterocycles. The van der Waals surface area contributed by atoms with Crippen molar-refractivity contribution in [3.63, 3.8) is 0 Å². The van der Waals surface area contributed by atoms with Gasteiger partial charge in [-0.2, -0.15) is 18.3 Å². The van der Waals surface area contributed by atoms with Gasteiger partial charge >= 0.3 is 12.3 Å². The van der Waals surface area contributed by atoms with Crippen LogP contribution in [-0.2, 0) is 16.2 Å². The van der Waals surface area contributed by atoms with E-state index in [1.807, 2.05) is 0 Å². The maximum atomic E-state index is 13.8. The van der Waals surface area contributed by atoms with Gasteiger partial charge in [-0.05, 0) is 32.0 Å². The maximum Gasteiger partial charge on any atom is 0.419 e. The third-order valence-electron chi connectivity index (χ3n) is 5.17. The number of rotatable bonds is 8. The van der Waals surface area contributed by atoms with Crippen LogP contribution in [0.5, 0.6) is 5.75 Å². The number of benzene rings is 1. The van der Waals surface area contributed by atoms with Crippen molar-refractivity contribution >= 4 is 38.2 Å². The van der Waals surface area contributed by atoms with E-state index in [0.717, 1.165) is 42.7 Å². The molecule has 0 saturated heterocycles. The van der Waals surface area contributed by atoms with Crippen LogP contribution >= 0.6 is 11.3 Å². The van der Waals surface area contributed by atoms with Crippen molar-refractivity contribution < 1.29 is 45.0 Å². The Kier molecular flexibility index (Phi) is 7.81. The first-order chi connectivity index (χ1) is 18.6. The van der Waals surface area contributed by atoms with Crippen LogP contribution in [0.4, 0.5) is 31.9 Å². The SMILES string of the molecule is CC(C)(CO)NS(=O)(=O)c1cnc(NC(=O)Oc2cnn3c(C(F)F)cc(-c4ccc(C(F)(F)F)cc4)nc23)s1. The third-order valence-corrected chi connectivity index (χ3v) is 8.24. The van der Waals surface area contributed by atoms with Crippen molar-refractivity contribution in [2.24, 2.45) is 0 Å². The Balaban J connectivity index is 1.58. The quantitative estimate of drug-likeness (QED) is 0.249. The molecule has 0 fully saturated rings. The fourth-order valence-corrected chi connectivity index (χ4v) is 5.69. The molecule has 3 aromatic heterocycles. The van der Waals surface area contributed by atoms with Crippen LogP contribution in [0, 0.1) is 0 Å². The minimum atomic E-state index is -4.60. The Hall–Kier alpha value is -3.74. The van der Waals surface area contributed by atoms with Gasteiger partial charge in [-0.25, -0.2) is 41.2 Å². The van der Waals surface area contributed by atoms with Crippen LogP contribution in [0.3, 0.4) is 0 Å². The van der Waals surface area contributed by atoms with Crippen molar-refractivity contribution in [1.82, 2.24) is 24.3 Å². The van der Waals surface area contributed by atoms with Gasteiger partial charge < -0.3 is 9.84 Å². The lowest BCUT2D eigenvalue weighted by Gasteiger charge is -2.22. The summed E-state index contributed by atoms with van der Waals surface area (Å²) in [7, 11) is -4.08. The zero-order chi connectivity index (χ0) is 29.5. The summed E-state index contributed by atoms with van der Waals surface area (Å²) in [5.41, 5.74) is -3.15. The lowest BCUT2D eigenvalue weighted by Crippen LogP contribution is -2.45. The van der Waals surface area contributed by atoms with Gasteiger partial charge in [-0.1, -0.05) is 23.5 Å². The van der Waals surface area contributed by atoms with E-state index in [4.69, 9.17) is 4.74 Å². The summed E-state index contributed by atoms with van der Waals surface area (Å²) in [5.74, 6) is -0.371. The van der Waals surface area contributed by atoms with E-state index < -0.39 is 52.1 Å². The smallest absolute Gasteiger partial charge is 0.404 e.